The Morgan fingerprint density at radius 2 is 2.25 bits per heavy atom. The lowest BCUT2D eigenvalue weighted by Gasteiger charge is -2.04. The molecule has 0 radical (unpaired) electrons. The zero-order valence-electron chi connectivity index (χ0n) is 5.55. The fraction of sp³-hybridized carbons (Fsp3) is 1.00. The van der Waals surface area contributed by atoms with Gasteiger partial charge >= 0.3 is 0 Å². The number of rotatable bonds is 4. The van der Waals surface area contributed by atoms with E-state index >= 15 is 0 Å². The molecule has 0 spiro atoms. The summed E-state index contributed by atoms with van der Waals surface area (Å²) in [6.07, 6.45) is 1.41. The average Bonchev–Trinajstić information content (AvgIpc) is 1.83. The minimum Gasteiger partial charge on any atom is -0.393 e. The van der Waals surface area contributed by atoms with Gasteiger partial charge in [-0.3, -0.25) is 0 Å². The first kappa shape index (κ1) is 7.92. The number of methoxy groups -OCH3 is 1. The van der Waals surface area contributed by atoms with Crippen LogP contribution < -0.4 is 0 Å². The molecule has 8 heavy (non-hydrogen) atoms. The second-order valence-corrected chi connectivity index (χ2v) is 1.84. The van der Waals surface area contributed by atoms with Crippen LogP contribution in [-0.2, 0) is 4.74 Å². The van der Waals surface area contributed by atoms with E-state index in [0.29, 0.717) is 6.61 Å². The summed E-state index contributed by atoms with van der Waals surface area (Å²) < 4.78 is 4.75. The first-order valence-corrected chi connectivity index (χ1v) is 2.98. The molecule has 0 aliphatic rings. The highest BCUT2D eigenvalue weighted by Gasteiger charge is 1.96. The van der Waals surface area contributed by atoms with Crippen molar-refractivity contribution in [2.45, 2.75) is 25.9 Å². The summed E-state index contributed by atoms with van der Waals surface area (Å²) in [5.74, 6) is 0. The van der Waals surface area contributed by atoms with Gasteiger partial charge in [-0.05, 0) is 12.8 Å². The molecule has 0 aromatic heterocycles. The lowest BCUT2D eigenvalue weighted by molar-refractivity contribution is 0.107. The Hall–Kier alpha value is -0.0800. The molecule has 0 heterocycles. The van der Waals surface area contributed by atoms with Gasteiger partial charge in [0.2, 0.25) is 0 Å². The first-order valence-electron chi connectivity index (χ1n) is 2.98. The number of aliphatic hydroxyl groups is 1. The van der Waals surface area contributed by atoms with Crippen molar-refractivity contribution in [2.75, 3.05) is 13.7 Å². The van der Waals surface area contributed by atoms with Gasteiger partial charge in [-0.2, -0.15) is 0 Å². The fourth-order valence-corrected chi connectivity index (χ4v) is 0.458. The van der Waals surface area contributed by atoms with Crippen LogP contribution in [0.2, 0.25) is 0 Å². The molecule has 0 bridgehead atoms. The molecule has 0 saturated carbocycles. The Balaban J connectivity index is 2.86. The molecule has 0 fully saturated rings. The van der Waals surface area contributed by atoms with Gasteiger partial charge in [0.25, 0.3) is 0 Å². The minimum absolute atomic E-state index is 0.171. The van der Waals surface area contributed by atoms with Crippen molar-refractivity contribution in [3.8, 4) is 0 Å². The molecule has 2 heteroatoms. The maximum atomic E-state index is 8.91. The predicted octanol–water partition coefficient (Wildman–Crippen LogP) is 0.794. The lowest BCUT2D eigenvalue weighted by atomic mass is 10.2. The van der Waals surface area contributed by atoms with Crippen LogP contribution in [0, 0.1) is 0 Å². The quantitative estimate of drug-likeness (QED) is 0.591. The van der Waals surface area contributed by atoms with E-state index in [1.54, 1.807) is 7.11 Å². The van der Waals surface area contributed by atoms with Crippen molar-refractivity contribution in [2.24, 2.45) is 0 Å². The molecule has 0 saturated heterocycles. The van der Waals surface area contributed by atoms with Gasteiger partial charge in [0.05, 0.1) is 6.10 Å². The Morgan fingerprint density at radius 1 is 1.62 bits per heavy atom. The van der Waals surface area contributed by atoms with E-state index in [-0.39, 0.29) is 6.10 Å². The van der Waals surface area contributed by atoms with Gasteiger partial charge in [-0.15, -0.1) is 0 Å². The Morgan fingerprint density at radius 3 is 2.62 bits per heavy atom. The maximum absolute atomic E-state index is 8.91. The monoisotopic (exact) mass is 118 g/mol. The van der Waals surface area contributed by atoms with Gasteiger partial charge in [0.15, 0.2) is 0 Å². The molecule has 50 valence electrons. The third-order valence-electron chi connectivity index (χ3n) is 1.13. The molecule has 0 unspecified atom stereocenters. The molecule has 0 aromatic carbocycles. The van der Waals surface area contributed by atoms with Crippen LogP contribution in [-0.4, -0.2) is 24.9 Å². The van der Waals surface area contributed by atoms with Crippen LogP contribution in [0.3, 0.4) is 0 Å². The molecule has 0 aliphatic heterocycles. The van der Waals surface area contributed by atoms with E-state index in [1.807, 2.05) is 6.92 Å². The zero-order valence-corrected chi connectivity index (χ0v) is 5.55. The highest BCUT2D eigenvalue weighted by atomic mass is 16.5. The smallest absolute Gasteiger partial charge is 0.0559 e. The molecule has 1 atom stereocenters. The summed E-state index contributed by atoms with van der Waals surface area (Å²) >= 11 is 0. The van der Waals surface area contributed by atoms with Crippen molar-refractivity contribution < 1.29 is 9.84 Å². The summed E-state index contributed by atoms with van der Waals surface area (Å²) in [5, 5.41) is 8.91. The molecule has 0 rings (SSSR count). The summed E-state index contributed by atoms with van der Waals surface area (Å²) in [6.45, 7) is 2.62. The number of ether oxygens (including phenoxy) is 1. The van der Waals surface area contributed by atoms with Crippen LogP contribution in [0.15, 0.2) is 0 Å². The SMILES string of the molecule is CC[C@@H](O)CCOC. The van der Waals surface area contributed by atoms with Crippen molar-refractivity contribution >= 4 is 0 Å². The number of hydrogen-bond donors (Lipinski definition) is 1. The van der Waals surface area contributed by atoms with Crippen LogP contribution in [0.5, 0.6) is 0 Å². The van der Waals surface area contributed by atoms with E-state index in [9.17, 15) is 0 Å². The summed E-state index contributed by atoms with van der Waals surface area (Å²) in [6, 6.07) is 0. The van der Waals surface area contributed by atoms with Crippen LogP contribution in [0.1, 0.15) is 19.8 Å². The molecular weight excluding hydrogens is 104 g/mol. The van der Waals surface area contributed by atoms with Gasteiger partial charge in [0.1, 0.15) is 0 Å². The van der Waals surface area contributed by atoms with Gasteiger partial charge in [0, 0.05) is 13.7 Å². The zero-order chi connectivity index (χ0) is 6.41. The molecule has 2 nitrogen and oxygen atoms in total. The van der Waals surface area contributed by atoms with Gasteiger partial charge < -0.3 is 9.84 Å². The van der Waals surface area contributed by atoms with E-state index in [2.05, 4.69) is 0 Å². The van der Waals surface area contributed by atoms with Gasteiger partial charge in [-0.1, -0.05) is 6.92 Å². The molecule has 0 amide bonds. The van der Waals surface area contributed by atoms with Crippen LogP contribution in [0.25, 0.3) is 0 Å². The summed E-state index contributed by atoms with van der Waals surface area (Å²) in [5.41, 5.74) is 0. The first-order chi connectivity index (χ1) is 3.81. The molecule has 1 N–H and O–H groups in total. The Kier molecular flexibility index (Phi) is 5.01. The Bertz CT molecular complexity index is 45.8. The molecular formula is C6H14O2. The maximum Gasteiger partial charge on any atom is 0.0559 e. The van der Waals surface area contributed by atoms with Crippen LogP contribution >= 0.6 is 0 Å². The van der Waals surface area contributed by atoms with Crippen LogP contribution in [0.4, 0.5) is 0 Å². The summed E-state index contributed by atoms with van der Waals surface area (Å²) in [4.78, 5) is 0. The minimum atomic E-state index is -0.171. The van der Waals surface area contributed by atoms with Crippen molar-refractivity contribution in [1.29, 1.82) is 0 Å². The second kappa shape index (κ2) is 5.06. The fourth-order valence-electron chi connectivity index (χ4n) is 0.458. The highest BCUT2D eigenvalue weighted by molar-refractivity contribution is 4.49. The Labute approximate surface area is 50.5 Å². The van der Waals surface area contributed by atoms with E-state index in [0.717, 1.165) is 12.8 Å². The van der Waals surface area contributed by atoms with E-state index < -0.39 is 0 Å². The second-order valence-electron chi connectivity index (χ2n) is 1.84. The molecule has 0 aromatic rings. The van der Waals surface area contributed by atoms with Gasteiger partial charge in [-0.25, -0.2) is 0 Å². The third kappa shape index (κ3) is 4.09. The largest absolute Gasteiger partial charge is 0.393 e. The van der Waals surface area contributed by atoms with Crippen molar-refractivity contribution in [3.05, 3.63) is 0 Å². The number of hydrogen-bond acceptors (Lipinski definition) is 2. The topological polar surface area (TPSA) is 29.5 Å². The van der Waals surface area contributed by atoms with Crippen molar-refractivity contribution in [1.82, 2.24) is 0 Å². The summed E-state index contributed by atoms with van der Waals surface area (Å²) in [7, 11) is 1.64. The lowest BCUT2D eigenvalue weighted by Crippen LogP contribution is -2.07. The molecule has 0 aliphatic carbocycles. The van der Waals surface area contributed by atoms with E-state index in [4.69, 9.17) is 9.84 Å². The number of aliphatic hydroxyl groups excluding tert-OH is 1. The van der Waals surface area contributed by atoms with Crippen molar-refractivity contribution in [3.63, 3.8) is 0 Å². The van der Waals surface area contributed by atoms with E-state index in [1.165, 1.54) is 0 Å². The predicted molar refractivity (Wildman–Crippen MR) is 32.8 cm³/mol. The highest BCUT2D eigenvalue weighted by Crippen LogP contribution is 1.94. The average molecular weight is 118 g/mol. The normalized spacial score (nSPS) is 13.9. The standard InChI is InChI=1S/C6H14O2/c1-3-6(7)4-5-8-2/h6-7H,3-5H2,1-2H3/t6-/m1/s1. The third-order valence-corrected chi connectivity index (χ3v) is 1.13.